The molecule has 0 radical (unpaired) electrons. The second-order valence-corrected chi connectivity index (χ2v) is 7.43. The van der Waals surface area contributed by atoms with Crippen LogP contribution in [0, 0.1) is 13.8 Å². The van der Waals surface area contributed by atoms with Gasteiger partial charge in [0.1, 0.15) is 5.75 Å². The van der Waals surface area contributed by atoms with Gasteiger partial charge in [0.25, 0.3) is 5.91 Å². The van der Waals surface area contributed by atoms with Gasteiger partial charge in [-0.2, -0.15) is 0 Å². The topological polar surface area (TPSA) is 41.6 Å². The van der Waals surface area contributed by atoms with E-state index in [0.29, 0.717) is 6.54 Å². The van der Waals surface area contributed by atoms with Crippen LogP contribution in [0.2, 0.25) is 0 Å². The Bertz CT molecular complexity index is 736. The molecule has 0 saturated carbocycles. The molecule has 0 spiro atoms. The highest BCUT2D eigenvalue weighted by molar-refractivity contribution is 5.77. The number of ether oxygens (including phenoxy) is 1. The van der Waals surface area contributed by atoms with Crippen LogP contribution in [0.5, 0.6) is 5.75 Å². The van der Waals surface area contributed by atoms with E-state index in [4.69, 9.17) is 4.74 Å². The molecule has 0 aromatic heterocycles. The molecule has 1 aliphatic rings. The second-order valence-electron chi connectivity index (χ2n) is 7.43. The number of rotatable bonds is 7. The second kappa shape index (κ2) is 9.56. The van der Waals surface area contributed by atoms with Crippen molar-refractivity contribution >= 4 is 5.91 Å². The molecule has 1 aliphatic heterocycles. The van der Waals surface area contributed by atoms with Crippen molar-refractivity contribution in [3.63, 3.8) is 0 Å². The maximum atomic E-state index is 12.3. The van der Waals surface area contributed by atoms with Crippen molar-refractivity contribution in [1.82, 2.24) is 10.2 Å². The molecule has 0 bridgehead atoms. The van der Waals surface area contributed by atoms with Gasteiger partial charge in [0, 0.05) is 6.54 Å². The van der Waals surface area contributed by atoms with Crippen LogP contribution >= 0.6 is 0 Å². The van der Waals surface area contributed by atoms with Crippen molar-refractivity contribution < 1.29 is 9.53 Å². The first kappa shape index (κ1) is 19.4. The Morgan fingerprint density at radius 3 is 2.48 bits per heavy atom. The average Bonchev–Trinajstić information content (AvgIpc) is 2.69. The van der Waals surface area contributed by atoms with Crippen molar-refractivity contribution in [2.24, 2.45) is 0 Å². The molecule has 1 heterocycles. The fourth-order valence-electron chi connectivity index (χ4n) is 3.59. The van der Waals surface area contributed by atoms with Crippen molar-refractivity contribution in [3.05, 3.63) is 65.2 Å². The van der Waals surface area contributed by atoms with Gasteiger partial charge < -0.3 is 10.1 Å². The first-order valence-electron chi connectivity index (χ1n) is 9.88. The van der Waals surface area contributed by atoms with Crippen molar-refractivity contribution in [2.75, 3.05) is 26.2 Å². The molecule has 1 N–H and O–H groups in total. The Morgan fingerprint density at radius 2 is 1.78 bits per heavy atom. The van der Waals surface area contributed by atoms with Crippen LogP contribution in [0.3, 0.4) is 0 Å². The highest BCUT2D eigenvalue weighted by atomic mass is 16.5. The summed E-state index contributed by atoms with van der Waals surface area (Å²) in [4.78, 5) is 14.8. The van der Waals surface area contributed by atoms with Crippen molar-refractivity contribution in [1.29, 1.82) is 0 Å². The summed E-state index contributed by atoms with van der Waals surface area (Å²) in [5, 5.41) is 3.07. The highest BCUT2D eigenvalue weighted by Gasteiger charge is 2.22. The van der Waals surface area contributed by atoms with E-state index in [2.05, 4.69) is 41.4 Å². The standard InChI is InChI=1S/C23H30N2O2/c1-18-9-11-20(12-10-18)22(25-13-4-3-5-14-25)16-24-23(26)17-27-21-8-6-7-19(2)15-21/h6-12,15,22H,3-5,13-14,16-17H2,1-2H3,(H,24,26)/t22-/m0/s1. The van der Waals surface area contributed by atoms with Gasteiger partial charge >= 0.3 is 0 Å². The van der Waals surface area contributed by atoms with E-state index in [1.165, 1.54) is 30.4 Å². The Morgan fingerprint density at radius 1 is 1.04 bits per heavy atom. The summed E-state index contributed by atoms with van der Waals surface area (Å²) in [5.74, 6) is 0.655. The minimum Gasteiger partial charge on any atom is -0.484 e. The highest BCUT2D eigenvalue weighted by Crippen LogP contribution is 2.24. The molecule has 4 heteroatoms. The summed E-state index contributed by atoms with van der Waals surface area (Å²) in [6.07, 6.45) is 3.76. The Kier molecular flexibility index (Phi) is 6.88. The van der Waals surface area contributed by atoms with Gasteiger partial charge in [-0.1, -0.05) is 48.4 Å². The Labute approximate surface area is 162 Å². The first-order valence-corrected chi connectivity index (χ1v) is 9.88. The fraction of sp³-hybridized carbons (Fsp3) is 0.435. The van der Waals surface area contributed by atoms with Crippen LogP contribution in [0.15, 0.2) is 48.5 Å². The number of hydrogen-bond acceptors (Lipinski definition) is 3. The number of nitrogens with one attached hydrogen (secondary N) is 1. The zero-order valence-corrected chi connectivity index (χ0v) is 16.4. The lowest BCUT2D eigenvalue weighted by atomic mass is 10.0. The number of amides is 1. The molecule has 27 heavy (non-hydrogen) atoms. The largest absolute Gasteiger partial charge is 0.484 e. The lowest BCUT2D eigenvalue weighted by Gasteiger charge is -2.35. The zero-order valence-electron chi connectivity index (χ0n) is 16.4. The molecule has 144 valence electrons. The SMILES string of the molecule is Cc1ccc([C@H](CNC(=O)COc2cccc(C)c2)N2CCCCC2)cc1. The van der Waals surface area contributed by atoms with Crippen molar-refractivity contribution in [2.45, 2.75) is 39.2 Å². The molecule has 0 unspecified atom stereocenters. The molecule has 2 aromatic rings. The Balaban J connectivity index is 1.58. The minimum absolute atomic E-state index is 0.0457. The summed E-state index contributed by atoms with van der Waals surface area (Å²) >= 11 is 0. The van der Waals surface area contributed by atoms with Gasteiger partial charge in [0.05, 0.1) is 6.04 Å². The molecule has 3 rings (SSSR count). The minimum atomic E-state index is -0.0781. The number of hydrogen-bond donors (Lipinski definition) is 1. The molecular formula is C23H30N2O2. The summed E-state index contributed by atoms with van der Waals surface area (Å²) in [5.41, 5.74) is 3.64. The van der Waals surface area contributed by atoms with Crippen molar-refractivity contribution in [3.8, 4) is 5.75 Å². The van der Waals surface area contributed by atoms with Gasteiger partial charge in [0.2, 0.25) is 0 Å². The Hall–Kier alpha value is -2.33. The number of carbonyl (C=O) groups is 1. The molecule has 1 saturated heterocycles. The number of carbonyl (C=O) groups excluding carboxylic acids is 1. The lowest BCUT2D eigenvalue weighted by molar-refractivity contribution is -0.123. The van der Waals surface area contributed by atoms with Gasteiger partial charge in [0.15, 0.2) is 6.61 Å². The number of aryl methyl sites for hydroxylation is 2. The van der Waals surface area contributed by atoms with E-state index in [9.17, 15) is 4.79 Å². The fourth-order valence-corrected chi connectivity index (χ4v) is 3.59. The van der Waals surface area contributed by atoms with Gasteiger partial charge in [-0.3, -0.25) is 9.69 Å². The van der Waals surface area contributed by atoms with Gasteiger partial charge in [-0.05, 0) is 63.0 Å². The van der Waals surface area contributed by atoms with Crippen LogP contribution < -0.4 is 10.1 Å². The summed E-state index contributed by atoms with van der Waals surface area (Å²) < 4.78 is 5.62. The number of benzene rings is 2. The summed E-state index contributed by atoms with van der Waals surface area (Å²) in [7, 11) is 0. The third-order valence-corrected chi connectivity index (χ3v) is 5.15. The molecule has 4 nitrogen and oxygen atoms in total. The van der Waals surface area contributed by atoms with Crippen LogP contribution in [-0.4, -0.2) is 37.0 Å². The van der Waals surface area contributed by atoms with E-state index in [0.717, 1.165) is 24.4 Å². The predicted molar refractivity (Wildman–Crippen MR) is 109 cm³/mol. The predicted octanol–water partition coefficient (Wildman–Crippen LogP) is 4.03. The summed E-state index contributed by atoms with van der Waals surface area (Å²) in [6.45, 7) is 6.95. The normalized spacial score (nSPS) is 15.9. The smallest absolute Gasteiger partial charge is 0.258 e. The van der Waals surface area contributed by atoms with E-state index >= 15 is 0 Å². The van der Waals surface area contributed by atoms with E-state index in [1.807, 2.05) is 31.2 Å². The van der Waals surface area contributed by atoms with E-state index in [1.54, 1.807) is 0 Å². The van der Waals surface area contributed by atoms with Gasteiger partial charge in [-0.25, -0.2) is 0 Å². The van der Waals surface area contributed by atoms with Gasteiger partial charge in [-0.15, -0.1) is 0 Å². The quantitative estimate of drug-likeness (QED) is 0.804. The van der Waals surface area contributed by atoms with Crippen LogP contribution in [0.25, 0.3) is 0 Å². The van der Waals surface area contributed by atoms with Crippen LogP contribution in [0.1, 0.15) is 42.0 Å². The first-order chi connectivity index (χ1) is 13.1. The molecule has 1 amide bonds. The molecule has 0 aliphatic carbocycles. The maximum Gasteiger partial charge on any atom is 0.258 e. The number of likely N-dealkylation sites (tertiary alicyclic amines) is 1. The number of nitrogens with zero attached hydrogens (tertiary/aromatic N) is 1. The molecule has 2 aromatic carbocycles. The molecular weight excluding hydrogens is 336 g/mol. The summed E-state index contributed by atoms with van der Waals surface area (Å²) in [6, 6.07) is 16.6. The lowest BCUT2D eigenvalue weighted by Crippen LogP contribution is -2.41. The molecule has 1 atom stereocenters. The average molecular weight is 367 g/mol. The number of piperidine rings is 1. The zero-order chi connectivity index (χ0) is 19.1. The molecule has 1 fully saturated rings. The third kappa shape index (κ3) is 5.83. The maximum absolute atomic E-state index is 12.3. The monoisotopic (exact) mass is 366 g/mol. The van der Waals surface area contributed by atoms with E-state index in [-0.39, 0.29) is 18.6 Å². The van der Waals surface area contributed by atoms with Crippen LogP contribution in [-0.2, 0) is 4.79 Å². The third-order valence-electron chi connectivity index (χ3n) is 5.15. The van der Waals surface area contributed by atoms with Crippen LogP contribution in [0.4, 0.5) is 0 Å². The van der Waals surface area contributed by atoms with E-state index < -0.39 is 0 Å².